The summed E-state index contributed by atoms with van der Waals surface area (Å²) in [5.74, 6) is 2.01. The average molecular weight is 267 g/mol. The molecule has 0 radical (unpaired) electrons. The molecule has 2 aromatic rings. The van der Waals surface area contributed by atoms with Crippen LogP contribution in [0.3, 0.4) is 0 Å². The number of pyridine rings is 1. The van der Waals surface area contributed by atoms with Crippen molar-refractivity contribution in [1.29, 1.82) is 0 Å². The molecule has 104 valence electrons. The topological polar surface area (TPSA) is 28.2 Å². The molecule has 1 saturated heterocycles. The quantitative estimate of drug-likeness (QED) is 0.906. The summed E-state index contributed by atoms with van der Waals surface area (Å²) < 4.78 is 0. The molecule has 1 aromatic carbocycles. The van der Waals surface area contributed by atoms with Gasteiger partial charge in [0.15, 0.2) is 0 Å². The van der Waals surface area contributed by atoms with Crippen molar-refractivity contribution in [1.82, 2.24) is 10.3 Å². The minimum Gasteiger partial charge on any atom is -0.356 e. The third-order valence-electron chi connectivity index (χ3n) is 4.61. The predicted molar refractivity (Wildman–Crippen MR) is 83.3 cm³/mol. The second kappa shape index (κ2) is 5.06. The summed E-state index contributed by atoms with van der Waals surface area (Å²) >= 11 is 0. The Morgan fingerprint density at radius 2 is 2.25 bits per heavy atom. The number of nitrogens with one attached hydrogen (secondary N) is 1. The van der Waals surface area contributed by atoms with E-state index in [-0.39, 0.29) is 0 Å². The van der Waals surface area contributed by atoms with Crippen molar-refractivity contribution in [2.24, 2.45) is 5.92 Å². The highest BCUT2D eigenvalue weighted by atomic mass is 15.2. The zero-order valence-electron chi connectivity index (χ0n) is 11.8. The minimum absolute atomic E-state index is 0.781. The van der Waals surface area contributed by atoms with Crippen molar-refractivity contribution in [3.05, 3.63) is 35.9 Å². The summed E-state index contributed by atoms with van der Waals surface area (Å²) in [6.07, 6.45) is 3.82. The van der Waals surface area contributed by atoms with Crippen LogP contribution in [0.2, 0.25) is 0 Å². The van der Waals surface area contributed by atoms with Gasteiger partial charge < -0.3 is 10.2 Å². The Balaban J connectivity index is 1.61. The lowest BCUT2D eigenvalue weighted by molar-refractivity contribution is 0.378. The molecule has 0 saturated carbocycles. The summed E-state index contributed by atoms with van der Waals surface area (Å²) in [6, 6.07) is 10.8. The van der Waals surface area contributed by atoms with Crippen LogP contribution in [0.1, 0.15) is 18.4 Å². The highest BCUT2D eigenvalue weighted by Gasteiger charge is 2.24. The summed E-state index contributed by atoms with van der Waals surface area (Å²) in [5, 5.41) is 4.79. The number of benzene rings is 1. The molecular weight excluding hydrogens is 246 g/mol. The molecule has 0 bridgehead atoms. The average Bonchev–Trinajstić information content (AvgIpc) is 2.88. The molecule has 20 heavy (non-hydrogen) atoms. The van der Waals surface area contributed by atoms with Crippen LogP contribution in [0.15, 0.2) is 30.3 Å². The first-order chi connectivity index (χ1) is 9.90. The van der Waals surface area contributed by atoms with Crippen LogP contribution in [-0.4, -0.2) is 31.2 Å². The van der Waals surface area contributed by atoms with Gasteiger partial charge in [-0.05, 0) is 56.0 Å². The molecule has 0 aliphatic carbocycles. The maximum Gasteiger partial charge on any atom is 0.132 e. The molecule has 1 atom stereocenters. The standard InChI is InChI=1S/C17H21N3/c1-2-6-16-14(5-1)10-15-7-9-20(17(15)19-16)12-13-4-3-8-18-11-13/h1-2,5-6,10,13,18H,3-4,7-9,11-12H2. The van der Waals surface area contributed by atoms with E-state index in [1.807, 2.05) is 0 Å². The van der Waals surface area contributed by atoms with Crippen LogP contribution in [0.4, 0.5) is 5.82 Å². The van der Waals surface area contributed by atoms with Crippen LogP contribution in [-0.2, 0) is 6.42 Å². The van der Waals surface area contributed by atoms with Gasteiger partial charge in [0.1, 0.15) is 5.82 Å². The van der Waals surface area contributed by atoms with Crippen molar-refractivity contribution in [2.75, 3.05) is 31.1 Å². The Labute approximate surface area is 120 Å². The summed E-state index contributed by atoms with van der Waals surface area (Å²) in [5.41, 5.74) is 2.55. The fourth-order valence-electron chi connectivity index (χ4n) is 3.54. The van der Waals surface area contributed by atoms with Crippen molar-refractivity contribution >= 4 is 16.7 Å². The van der Waals surface area contributed by atoms with E-state index in [0.29, 0.717) is 0 Å². The maximum absolute atomic E-state index is 4.91. The molecule has 3 heterocycles. The number of fused-ring (bicyclic) bond motifs is 2. The third-order valence-corrected chi connectivity index (χ3v) is 4.61. The molecule has 4 rings (SSSR count). The third kappa shape index (κ3) is 2.16. The van der Waals surface area contributed by atoms with E-state index in [1.165, 1.54) is 42.7 Å². The zero-order chi connectivity index (χ0) is 13.4. The van der Waals surface area contributed by atoms with E-state index in [2.05, 4.69) is 40.5 Å². The summed E-state index contributed by atoms with van der Waals surface area (Å²) in [6.45, 7) is 4.65. The van der Waals surface area contributed by atoms with E-state index in [9.17, 15) is 0 Å². The fraction of sp³-hybridized carbons (Fsp3) is 0.471. The van der Waals surface area contributed by atoms with Gasteiger partial charge in [-0.25, -0.2) is 4.98 Å². The Morgan fingerprint density at radius 1 is 1.30 bits per heavy atom. The summed E-state index contributed by atoms with van der Waals surface area (Å²) in [7, 11) is 0. The molecule has 2 aliphatic rings. The van der Waals surface area contributed by atoms with Gasteiger partial charge in [0.25, 0.3) is 0 Å². The monoisotopic (exact) mass is 267 g/mol. The molecule has 3 nitrogen and oxygen atoms in total. The van der Waals surface area contributed by atoms with Crippen molar-refractivity contribution in [3.8, 4) is 0 Å². The van der Waals surface area contributed by atoms with Crippen LogP contribution in [0, 0.1) is 5.92 Å². The van der Waals surface area contributed by atoms with Gasteiger partial charge in [0.2, 0.25) is 0 Å². The highest BCUT2D eigenvalue weighted by molar-refractivity contribution is 5.82. The highest BCUT2D eigenvalue weighted by Crippen LogP contribution is 2.30. The van der Waals surface area contributed by atoms with E-state index >= 15 is 0 Å². The van der Waals surface area contributed by atoms with Gasteiger partial charge in [-0.1, -0.05) is 18.2 Å². The number of hydrogen-bond donors (Lipinski definition) is 1. The van der Waals surface area contributed by atoms with Gasteiger partial charge in [0.05, 0.1) is 5.52 Å². The van der Waals surface area contributed by atoms with Crippen LogP contribution >= 0.6 is 0 Å². The Bertz CT molecular complexity index is 617. The van der Waals surface area contributed by atoms with E-state index < -0.39 is 0 Å². The van der Waals surface area contributed by atoms with E-state index in [1.54, 1.807) is 0 Å². The predicted octanol–water partition coefficient (Wildman–Crippen LogP) is 2.60. The number of para-hydroxylation sites is 1. The fourth-order valence-corrected chi connectivity index (χ4v) is 3.54. The lowest BCUT2D eigenvalue weighted by atomic mass is 9.99. The molecular formula is C17H21N3. The van der Waals surface area contributed by atoms with Gasteiger partial charge in [-0.2, -0.15) is 0 Å². The zero-order valence-corrected chi connectivity index (χ0v) is 11.8. The number of piperidine rings is 1. The first-order valence-electron chi connectivity index (χ1n) is 7.74. The van der Waals surface area contributed by atoms with Gasteiger partial charge in [0, 0.05) is 18.5 Å². The molecule has 1 fully saturated rings. The molecule has 0 spiro atoms. The van der Waals surface area contributed by atoms with Gasteiger partial charge in [-0.3, -0.25) is 0 Å². The molecule has 3 heteroatoms. The number of rotatable bonds is 2. The molecule has 1 unspecified atom stereocenters. The van der Waals surface area contributed by atoms with Crippen LogP contribution in [0.25, 0.3) is 10.9 Å². The Kier molecular flexibility index (Phi) is 3.07. The first kappa shape index (κ1) is 12.2. The molecule has 0 amide bonds. The van der Waals surface area contributed by atoms with E-state index in [4.69, 9.17) is 4.98 Å². The van der Waals surface area contributed by atoms with Gasteiger partial charge in [-0.15, -0.1) is 0 Å². The van der Waals surface area contributed by atoms with Crippen molar-refractivity contribution in [2.45, 2.75) is 19.3 Å². The SMILES string of the molecule is c1ccc2nc3c(cc2c1)CCN3CC1CCCNC1. The van der Waals surface area contributed by atoms with Gasteiger partial charge >= 0.3 is 0 Å². The lowest BCUT2D eigenvalue weighted by Crippen LogP contribution is -2.38. The Morgan fingerprint density at radius 3 is 3.15 bits per heavy atom. The maximum atomic E-state index is 4.91. The Hall–Kier alpha value is -1.61. The first-order valence-corrected chi connectivity index (χ1v) is 7.74. The summed E-state index contributed by atoms with van der Waals surface area (Å²) in [4.78, 5) is 7.41. The van der Waals surface area contributed by atoms with Crippen molar-refractivity contribution in [3.63, 3.8) is 0 Å². The molecule has 1 aromatic heterocycles. The minimum atomic E-state index is 0.781. The molecule has 1 N–H and O–H groups in total. The largest absolute Gasteiger partial charge is 0.356 e. The normalized spacial score (nSPS) is 22.2. The number of nitrogens with zero attached hydrogens (tertiary/aromatic N) is 2. The second-order valence-corrected chi connectivity index (χ2v) is 6.07. The smallest absolute Gasteiger partial charge is 0.132 e. The van der Waals surface area contributed by atoms with Crippen molar-refractivity contribution < 1.29 is 0 Å². The number of anilines is 1. The molecule has 2 aliphatic heterocycles. The number of aromatic nitrogens is 1. The van der Waals surface area contributed by atoms with Crippen LogP contribution < -0.4 is 10.2 Å². The van der Waals surface area contributed by atoms with E-state index in [0.717, 1.165) is 30.9 Å². The van der Waals surface area contributed by atoms with Crippen LogP contribution in [0.5, 0.6) is 0 Å². The number of hydrogen-bond acceptors (Lipinski definition) is 3. The lowest BCUT2D eigenvalue weighted by Gasteiger charge is -2.28. The second-order valence-electron chi connectivity index (χ2n) is 6.07.